The van der Waals surface area contributed by atoms with Crippen LogP contribution in [0.15, 0.2) is 24.3 Å². The quantitative estimate of drug-likeness (QED) is 0.357. The van der Waals surface area contributed by atoms with Gasteiger partial charge in [0.2, 0.25) is 0 Å². The minimum absolute atomic E-state index is 0.122. The molecule has 0 aliphatic rings. The standard InChI is InChI=1S/C12H20Cl2O/c1-3-11(13)7-5-9-15-10-6-8-12(14)4-2/h5-8,11-12H,3-4,9-10H2,1-2H3/b7-5+,8-6+. The minimum atomic E-state index is 0.122. The van der Waals surface area contributed by atoms with Crippen molar-refractivity contribution in [2.24, 2.45) is 0 Å². The number of alkyl halides is 2. The van der Waals surface area contributed by atoms with E-state index < -0.39 is 0 Å². The number of allylic oxidation sites excluding steroid dienone is 2. The first-order valence-corrected chi connectivity index (χ1v) is 6.27. The van der Waals surface area contributed by atoms with Gasteiger partial charge in [0, 0.05) is 0 Å². The molecule has 0 radical (unpaired) electrons. The summed E-state index contributed by atoms with van der Waals surface area (Å²) >= 11 is 11.8. The highest BCUT2D eigenvalue weighted by molar-refractivity contribution is 6.21. The highest BCUT2D eigenvalue weighted by atomic mass is 35.5. The van der Waals surface area contributed by atoms with Crippen LogP contribution in [0, 0.1) is 0 Å². The molecule has 0 saturated heterocycles. The van der Waals surface area contributed by atoms with Crippen molar-refractivity contribution >= 4 is 23.2 Å². The molecule has 0 aromatic heterocycles. The molecule has 0 aliphatic heterocycles. The molecule has 1 nitrogen and oxygen atoms in total. The first kappa shape index (κ1) is 15.0. The van der Waals surface area contributed by atoms with Crippen LogP contribution in [0.5, 0.6) is 0 Å². The Morgan fingerprint density at radius 3 is 1.67 bits per heavy atom. The second kappa shape index (κ2) is 10.5. The summed E-state index contributed by atoms with van der Waals surface area (Å²) in [5.74, 6) is 0. The van der Waals surface area contributed by atoms with Crippen LogP contribution < -0.4 is 0 Å². The number of hydrogen-bond donors (Lipinski definition) is 0. The second-order valence-electron chi connectivity index (χ2n) is 3.24. The van der Waals surface area contributed by atoms with E-state index in [9.17, 15) is 0 Å². The van der Waals surface area contributed by atoms with Crippen LogP contribution in [0.4, 0.5) is 0 Å². The first-order chi connectivity index (χ1) is 7.20. The molecular weight excluding hydrogens is 231 g/mol. The Labute approximate surface area is 103 Å². The van der Waals surface area contributed by atoms with Crippen molar-refractivity contribution in [3.05, 3.63) is 24.3 Å². The third-order valence-corrected chi connectivity index (χ3v) is 2.81. The van der Waals surface area contributed by atoms with E-state index in [2.05, 4.69) is 13.8 Å². The van der Waals surface area contributed by atoms with Gasteiger partial charge in [0.05, 0.1) is 24.0 Å². The lowest BCUT2D eigenvalue weighted by molar-refractivity contribution is 0.193. The average molecular weight is 251 g/mol. The number of halogens is 2. The molecule has 0 N–H and O–H groups in total. The van der Waals surface area contributed by atoms with Crippen LogP contribution in [0.3, 0.4) is 0 Å². The highest BCUT2D eigenvalue weighted by Gasteiger charge is 1.93. The van der Waals surface area contributed by atoms with E-state index in [0.717, 1.165) is 12.8 Å². The SMILES string of the molecule is CCC(Cl)/C=C/COC/C=C/C(Cl)CC. The molecule has 0 aliphatic carbocycles. The minimum Gasteiger partial charge on any atom is -0.373 e. The molecule has 0 heterocycles. The maximum absolute atomic E-state index is 5.89. The van der Waals surface area contributed by atoms with E-state index in [1.165, 1.54) is 0 Å². The fourth-order valence-electron chi connectivity index (χ4n) is 0.883. The van der Waals surface area contributed by atoms with Gasteiger partial charge in [-0.15, -0.1) is 23.2 Å². The van der Waals surface area contributed by atoms with Crippen molar-refractivity contribution in [1.29, 1.82) is 0 Å². The number of hydrogen-bond acceptors (Lipinski definition) is 1. The van der Waals surface area contributed by atoms with Gasteiger partial charge in [-0.25, -0.2) is 0 Å². The predicted octanol–water partition coefficient (Wildman–Crippen LogP) is 4.15. The Morgan fingerprint density at radius 1 is 0.933 bits per heavy atom. The molecule has 2 atom stereocenters. The molecule has 0 spiro atoms. The van der Waals surface area contributed by atoms with E-state index in [1.54, 1.807) is 0 Å². The van der Waals surface area contributed by atoms with Crippen molar-refractivity contribution in [3.63, 3.8) is 0 Å². The smallest absolute Gasteiger partial charge is 0.0652 e. The summed E-state index contributed by atoms with van der Waals surface area (Å²) in [4.78, 5) is 0. The lowest BCUT2D eigenvalue weighted by atomic mass is 10.3. The molecule has 88 valence electrons. The van der Waals surface area contributed by atoms with E-state index in [-0.39, 0.29) is 10.8 Å². The Hall–Kier alpha value is 0.0200. The maximum Gasteiger partial charge on any atom is 0.0652 e. The maximum atomic E-state index is 5.89. The Kier molecular flexibility index (Phi) is 10.5. The summed E-state index contributed by atoms with van der Waals surface area (Å²) in [7, 11) is 0. The van der Waals surface area contributed by atoms with Gasteiger partial charge >= 0.3 is 0 Å². The molecule has 0 amide bonds. The van der Waals surface area contributed by atoms with Crippen LogP contribution in [0.1, 0.15) is 26.7 Å². The summed E-state index contributed by atoms with van der Waals surface area (Å²) in [5, 5.41) is 0.243. The van der Waals surface area contributed by atoms with Gasteiger partial charge in [-0.3, -0.25) is 0 Å². The molecule has 0 saturated carbocycles. The normalized spacial score (nSPS) is 16.3. The second-order valence-corrected chi connectivity index (χ2v) is 4.36. The van der Waals surface area contributed by atoms with Crippen LogP contribution in [-0.4, -0.2) is 24.0 Å². The van der Waals surface area contributed by atoms with Crippen LogP contribution >= 0.6 is 23.2 Å². The van der Waals surface area contributed by atoms with Gasteiger partial charge in [0.25, 0.3) is 0 Å². The lowest BCUT2D eigenvalue weighted by Crippen LogP contribution is -1.95. The van der Waals surface area contributed by atoms with Crippen LogP contribution in [0.25, 0.3) is 0 Å². The molecule has 0 aromatic rings. The average Bonchev–Trinajstić information content (AvgIpc) is 2.26. The molecular formula is C12H20Cl2O. The zero-order valence-electron chi connectivity index (χ0n) is 9.46. The van der Waals surface area contributed by atoms with Crippen molar-refractivity contribution < 1.29 is 4.74 Å². The fraction of sp³-hybridized carbons (Fsp3) is 0.667. The first-order valence-electron chi connectivity index (χ1n) is 5.39. The zero-order chi connectivity index (χ0) is 11.5. The van der Waals surface area contributed by atoms with E-state index in [1.807, 2.05) is 24.3 Å². The van der Waals surface area contributed by atoms with Crippen LogP contribution in [-0.2, 0) is 4.74 Å². The van der Waals surface area contributed by atoms with Gasteiger partial charge < -0.3 is 4.74 Å². The predicted molar refractivity (Wildman–Crippen MR) is 69.0 cm³/mol. The molecule has 2 unspecified atom stereocenters. The van der Waals surface area contributed by atoms with E-state index in [0.29, 0.717) is 13.2 Å². The molecule has 0 fully saturated rings. The van der Waals surface area contributed by atoms with Gasteiger partial charge in [0.1, 0.15) is 0 Å². The Bertz CT molecular complexity index is 170. The Balaban J connectivity index is 3.39. The third kappa shape index (κ3) is 10.3. The van der Waals surface area contributed by atoms with Gasteiger partial charge in [-0.05, 0) is 12.8 Å². The van der Waals surface area contributed by atoms with E-state index >= 15 is 0 Å². The fourth-order valence-corrected chi connectivity index (χ4v) is 1.09. The number of rotatable bonds is 8. The summed E-state index contributed by atoms with van der Waals surface area (Å²) in [6.45, 7) is 5.31. The molecule has 3 heteroatoms. The largest absolute Gasteiger partial charge is 0.373 e. The summed E-state index contributed by atoms with van der Waals surface area (Å²) in [5.41, 5.74) is 0. The topological polar surface area (TPSA) is 9.23 Å². The highest BCUT2D eigenvalue weighted by Crippen LogP contribution is 2.03. The third-order valence-electron chi connectivity index (χ3n) is 1.90. The molecule has 15 heavy (non-hydrogen) atoms. The monoisotopic (exact) mass is 250 g/mol. The van der Waals surface area contributed by atoms with E-state index in [4.69, 9.17) is 27.9 Å². The van der Waals surface area contributed by atoms with Crippen molar-refractivity contribution in [1.82, 2.24) is 0 Å². The molecule has 0 bridgehead atoms. The Morgan fingerprint density at radius 2 is 1.33 bits per heavy atom. The molecule has 0 rings (SSSR count). The van der Waals surface area contributed by atoms with Crippen molar-refractivity contribution in [2.45, 2.75) is 37.4 Å². The van der Waals surface area contributed by atoms with Gasteiger partial charge in [-0.2, -0.15) is 0 Å². The zero-order valence-corrected chi connectivity index (χ0v) is 11.0. The van der Waals surface area contributed by atoms with Crippen LogP contribution in [0.2, 0.25) is 0 Å². The molecule has 0 aromatic carbocycles. The number of ether oxygens (including phenoxy) is 1. The van der Waals surface area contributed by atoms with Crippen molar-refractivity contribution in [3.8, 4) is 0 Å². The summed E-state index contributed by atoms with van der Waals surface area (Å²) in [6.07, 6.45) is 9.72. The summed E-state index contributed by atoms with van der Waals surface area (Å²) in [6, 6.07) is 0. The lowest BCUT2D eigenvalue weighted by Gasteiger charge is -1.99. The van der Waals surface area contributed by atoms with Crippen molar-refractivity contribution in [2.75, 3.05) is 13.2 Å². The van der Waals surface area contributed by atoms with Gasteiger partial charge in [0.15, 0.2) is 0 Å². The van der Waals surface area contributed by atoms with Gasteiger partial charge in [-0.1, -0.05) is 38.2 Å². The summed E-state index contributed by atoms with van der Waals surface area (Å²) < 4.78 is 5.33.